The fourth-order valence-electron chi connectivity index (χ4n) is 4.29. The minimum atomic E-state index is -3.51. The molecule has 2 aromatic carbocycles. The lowest BCUT2D eigenvalue weighted by Gasteiger charge is -2.35. The monoisotopic (exact) mass is 489 g/mol. The number of carbonyl (C=O) groups excluding carboxylic acids is 1. The molecule has 1 fully saturated rings. The first-order valence-electron chi connectivity index (χ1n) is 11.3. The summed E-state index contributed by atoms with van der Waals surface area (Å²) in [4.78, 5) is 16.9. The van der Waals surface area contributed by atoms with Gasteiger partial charge in [0.05, 0.1) is 19.1 Å². The summed E-state index contributed by atoms with van der Waals surface area (Å²) in [5, 5.41) is 0. The van der Waals surface area contributed by atoms with Crippen molar-refractivity contribution < 1.29 is 27.4 Å². The molecule has 34 heavy (non-hydrogen) atoms. The summed E-state index contributed by atoms with van der Waals surface area (Å²) in [5.41, 5.74) is 1.64. The highest BCUT2D eigenvalue weighted by Gasteiger charge is 2.24. The maximum atomic E-state index is 12.8. The van der Waals surface area contributed by atoms with E-state index in [1.165, 1.54) is 17.7 Å². The minimum Gasteiger partial charge on any atom is -0.495 e. The number of anilines is 1. The Morgan fingerprint density at radius 3 is 2.53 bits per heavy atom. The second kappa shape index (κ2) is 10.5. The van der Waals surface area contributed by atoms with Crippen LogP contribution in [0.5, 0.6) is 17.2 Å². The lowest BCUT2D eigenvalue weighted by atomic mass is 10.1. The number of carbonyl (C=O) groups is 1. The molecule has 0 unspecified atom stereocenters. The third-order valence-electron chi connectivity index (χ3n) is 6.07. The SMILES string of the molecule is COc1ccccc1N(CCCC(=O)N1CCN(Cc2ccc3c(c2)OCO3)CC1)S(C)(=O)=O. The van der Waals surface area contributed by atoms with Gasteiger partial charge in [-0.25, -0.2) is 8.42 Å². The third-order valence-corrected chi connectivity index (χ3v) is 7.25. The van der Waals surface area contributed by atoms with Crippen molar-refractivity contribution in [2.45, 2.75) is 19.4 Å². The molecule has 0 atom stereocenters. The molecule has 2 heterocycles. The van der Waals surface area contributed by atoms with Gasteiger partial charge in [-0.1, -0.05) is 18.2 Å². The van der Waals surface area contributed by atoms with E-state index in [1.54, 1.807) is 24.3 Å². The Morgan fingerprint density at radius 1 is 1.06 bits per heavy atom. The molecule has 0 spiro atoms. The standard InChI is InChI=1S/C24H31N3O6S/c1-31-21-7-4-3-6-20(21)27(34(2,29)30)11-5-8-24(28)26-14-12-25(13-15-26)17-19-9-10-22-23(16-19)33-18-32-22/h3-4,6-7,9-10,16H,5,8,11-15,17-18H2,1-2H3. The number of ether oxygens (including phenoxy) is 3. The Morgan fingerprint density at radius 2 is 1.79 bits per heavy atom. The molecule has 0 aromatic heterocycles. The largest absolute Gasteiger partial charge is 0.495 e. The maximum absolute atomic E-state index is 12.8. The van der Waals surface area contributed by atoms with Crippen molar-refractivity contribution >= 4 is 21.6 Å². The van der Waals surface area contributed by atoms with Gasteiger partial charge in [-0.3, -0.25) is 14.0 Å². The summed E-state index contributed by atoms with van der Waals surface area (Å²) in [5.74, 6) is 2.09. The molecule has 0 bridgehead atoms. The number of sulfonamides is 1. The molecule has 1 saturated heterocycles. The Hall–Kier alpha value is -2.98. The van der Waals surface area contributed by atoms with E-state index < -0.39 is 10.0 Å². The van der Waals surface area contributed by atoms with Crippen LogP contribution < -0.4 is 18.5 Å². The van der Waals surface area contributed by atoms with Crippen LogP contribution >= 0.6 is 0 Å². The first-order valence-corrected chi connectivity index (χ1v) is 13.2. The number of para-hydroxylation sites is 2. The predicted octanol–water partition coefficient (Wildman–Crippen LogP) is 2.31. The molecule has 2 aliphatic heterocycles. The van der Waals surface area contributed by atoms with Crippen LogP contribution in [0.3, 0.4) is 0 Å². The third kappa shape index (κ3) is 5.74. The van der Waals surface area contributed by atoms with Crippen LogP contribution in [-0.4, -0.2) is 77.0 Å². The number of methoxy groups -OCH3 is 1. The Bertz CT molecular complexity index is 1120. The molecule has 0 aliphatic carbocycles. The number of nitrogens with zero attached hydrogens (tertiary/aromatic N) is 3. The van der Waals surface area contributed by atoms with Gasteiger partial charge in [-0.05, 0) is 36.2 Å². The number of amides is 1. The summed E-state index contributed by atoms with van der Waals surface area (Å²) in [6, 6.07) is 13.0. The van der Waals surface area contributed by atoms with Gasteiger partial charge in [0.25, 0.3) is 0 Å². The van der Waals surface area contributed by atoms with E-state index in [1.807, 2.05) is 23.1 Å². The van der Waals surface area contributed by atoms with Crippen molar-refractivity contribution in [3.8, 4) is 17.2 Å². The fraction of sp³-hybridized carbons (Fsp3) is 0.458. The summed E-state index contributed by atoms with van der Waals surface area (Å²) in [7, 11) is -2.00. The molecule has 4 rings (SSSR count). The molecule has 1 amide bonds. The lowest BCUT2D eigenvalue weighted by molar-refractivity contribution is -0.133. The molecular weight excluding hydrogens is 458 g/mol. The summed E-state index contributed by atoms with van der Waals surface area (Å²) in [6.07, 6.45) is 1.89. The smallest absolute Gasteiger partial charge is 0.232 e. The lowest BCUT2D eigenvalue weighted by Crippen LogP contribution is -2.48. The zero-order valence-corrected chi connectivity index (χ0v) is 20.4. The highest BCUT2D eigenvalue weighted by molar-refractivity contribution is 7.92. The van der Waals surface area contributed by atoms with Crippen LogP contribution in [0.1, 0.15) is 18.4 Å². The molecule has 9 nitrogen and oxygen atoms in total. The van der Waals surface area contributed by atoms with Gasteiger partial charge >= 0.3 is 0 Å². The number of piperazine rings is 1. The van der Waals surface area contributed by atoms with Gasteiger partial charge in [0.15, 0.2) is 11.5 Å². The van der Waals surface area contributed by atoms with Gasteiger partial charge in [0.2, 0.25) is 22.7 Å². The maximum Gasteiger partial charge on any atom is 0.232 e. The van der Waals surface area contributed by atoms with Crippen LogP contribution in [0, 0.1) is 0 Å². The minimum absolute atomic E-state index is 0.0520. The molecule has 2 aliphatic rings. The molecule has 2 aromatic rings. The van der Waals surface area contributed by atoms with Gasteiger partial charge in [0, 0.05) is 45.7 Å². The fourth-order valence-corrected chi connectivity index (χ4v) is 5.25. The Balaban J connectivity index is 1.26. The van der Waals surface area contributed by atoms with E-state index >= 15 is 0 Å². The Labute approximate surface area is 200 Å². The number of hydrogen-bond donors (Lipinski definition) is 0. The van der Waals surface area contributed by atoms with Crippen molar-refractivity contribution in [2.24, 2.45) is 0 Å². The molecule has 0 radical (unpaired) electrons. The van der Waals surface area contributed by atoms with Gasteiger partial charge in [-0.2, -0.15) is 0 Å². The number of fused-ring (bicyclic) bond motifs is 1. The quantitative estimate of drug-likeness (QED) is 0.534. The van der Waals surface area contributed by atoms with Crippen molar-refractivity contribution in [1.29, 1.82) is 0 Å². The van der Waals surface area contributed by atoms with Crippen molar-refractivity contribution in [1.82, 2.24) is 9.80 Å². The topological polar surface area (TPSA) is 88.6 Å². The highest BCUT2D eigenvalue weighted by atomic mass is 32.2. The van der Waals surface area contributed by atoms with Crippen LogP contribution in [-0.2, 0) is 21.4 Å². The van der Waals surface area contributed by atoms with E-state index in [0.717, 1.165) is 36.7 Å². The van der Waals surface area contributed by atoms with E-state index in [4.69, 9.17) is 14.2 Å². The average Bonchev–Trinajstić information content (AvgIpc) is 3.29. The second-order valence-corrected chi connectivity index (χ2v) is 10.4. The van der Waals surface area contributed by atoms with Crippen LogP contribution in [0.2, 0.25) is 0 Å². The van der Waals surface area contributed by atoms with Gasteiger partial charge < -0.3 is 19.1 Å². The molecule has 0 saturated carbocycles. The average molecular weight is 490 g/mol. The summed E-state index contributed by atoms with van der Waals surface area (Å²) < 4.78 is 42.2. The summed E-state index contributed by atoms with van der Waals surface area (Å²) >= 11 is 0. The predicted molar refractivity (Wildman–Crippen MR) is 129 cm³/mol. The van der Waals surface area contributed by atoms with E-state index in [-0.39, 0.29) is 19.2 Å². The van der Waals surface area contributed by atoms with Crippen LogP contribution in [0.15, 0.2) is 42.5 Å². The molecular formula is C24H31N3O6S. The van der Waals surface area contributed by atoms with Crippen molar-refractivity contribution in [3.05, 3.63) is 48.0 Å². The molecule has 0 N–H and O–H groups in total. The normalized spacial score (nSPS) is 15.9. The second-order valence-electron chi connectivity index (χ2n) is 8.46. The van der Waals surface area contributed by atoms with E-state index in [2.05, 4.69) is 4.90 Å². The molecule has 10 heteroatoms. The summed E-state index contributed by atoms with van der Waals surface area (Å²) in [6.45, 7) is 4.17. The van der Waals surface area contributed by atoms with Gasteiger partial charge in [0.1, 0.15) is 5.75 Å². The highest BCUT2D eigenvalue weighted by Crippen LogP contribution is 2.33. The van der Waals surface area contributed by atoms with E-state index in [0.29, 0.717) is 37.4 Å². The van der Waals surface area contributed by atoms with Crippen LogP contribution in [0.25, 0.3) is 0 Å². The van der Waals surface area contributed by atoms with Crippen molar-refractivity contribution in [3.63, 3.8) is 0 Å². The Kier molecular flexibility index (Phi) is 7.47. The molecule has 184 valence electrons. The zero-order chi connectivity index (χ0) is 24.1. The zero-order valence-electron chi connectivity index (χ0n) is 19.6. The number of hydrogen-bond acceptors (Lipinski definition) is 7. The van der Waals surface area contributed by atoms with Crippen molar-refractivity contribution in [2.75, 3.05) is 57.2 Å². The number of benzene rings is 2. The van der Waals surface area contributed by atoms with E-state index in [9.17, 15) is 13.2 Å². The first kappa shape index (κ1) is 24.2. The first-order chi connectivity index (χ1) is 16.3. The van der Waals surface area contributed by atoms with Crippen LogP contribution in [0.4, 0.5) is 5.69 Å². The van der Waals surface area contributed by atoms with Gasteiger partial charge in [-0.15, -0.1) is 0 Å². The number of rotatable bonds is 9.